The van der Waals surface area contributed by atoms with Crippen molar-refractivity contribution >= 4 is 39.7 Å². The number of benzene rings is 1. The van der Waals surface area contributed by atoms with Gasteiger partial charge < -0.3 is 10.3 Å². The Morgan fingerprint density at radius 2 is 2.22 bits per heavy atom. The van der Waals surface area contributed by atoms with Crippen molar-refractivity contribution in [1.82, 2.24) is 25.5 Å². The number of thioether (sulfide) groups is 1. The zero-order valence-corrected chi connectivity index (χ0v) is 14.0. The van der Waals surface area contributed by atoms with E-state index in [1.807, 2.05) is 19.1 Å². The van der Waals surface area contributed by atoms with Crippen LogP contribution in [0.2, 0.25) is 0 Å². The maximum absolute atomic E-state index is 11.7. The van der Waals surface area contributed by atoms with Gasteiger partial charge in [-0.2, -0.15) is 0 Å². The molecule has 0 atom stereocenters. The average Bonchev–Trinajstić information content (AvgIpc) is 2.90. The Morgan fingerprint density at radius 3 is 3.04 bits per heavy atom. The predicted molar refractivity (Wildman–Crippen MR) is 92.6 cm³/mol. The number of fused-ring (bicyclic) bond motifs is 3. The molecule has 6 nitrogen and oxygen atoms in total. The highest BCUT2D eigenvalue weighted by Gasteiger charge is 2.10. The third-order valence-corrected chi connectivity index (χ3v) is 4.37. The van der Waals surface area contributed by atoms with Gasteiger partial charge in [0, 0.05) is 17.4 Å². The smallest absolute Gasteiger partial charge is 0.230 e. The molecule has 2 heterocycles. The van der Waals surface area contributed by atoms with Gasteiger partial charge in [0.15, 0.2) is 5.65 Å². The maximum atomic E-state index is 11.7. The quantitative estimate of drug-likeness (QED) is 0.537. The summed E-state index contributed by atoms with van der Waals surface area (Å²) < 4.78 is 0. The number of nitrogens with one attached hydrogen (secondary N) is 2. The van der Waals surface area contributed by atoms with Crippen LogP contribution in [0.5, 0.6) is 0 Å². The molecule has 0 aliphatic carbocycles. The number of hydrogen-bond donors (Lipinski definition) is 2. The number of rotatable bonds is 6. The molecule has 0 unspecified atom stereocenters. The predicted octanol–water partition coefficient (Wildman–Crippen LogP) is 2.82. The molecule has 120 valence electrons. The van der Waals surface area contributed by atoms with Gasteiger partial charge in [0.05, 0.1) is 5.75 Å². The van der Waals surface area contributed by atoms with Gasteiger partial charge in [0.2, 0.25) is 11.1 Å². The first-order valence-corrected chi connectivity index (χ1v) is 8.68. The molecule has 23 heavy (non-hydrogen) atoms. The molecule has 0 radical (unpaired) electrons. The Morgan fingerprint density at radius 1 is 1.35 bits per heavy atom. The second-order valence-electron chi connectivity index (χ2n) is 5.46. The zero-order valence-electron chi connectivity index (χ0n) is 13.2. The molecule has 0 saturated heterocycles. The molecule has 1 aromatic carbocycles. The standard InChI is InChI=1S/C16H19N5OS/c1-3-4-7-17-13(22)9-23-16-19-15-14(20-21-16)11-8-10(2)5-6-12(11)18-15/h5-6,8H,3-4,7,9H2,1-2H3,(H,17,22)(H,18,19,21). The van der Waals surface area contributed by atoms with E-state index in [0.717, 1.165) is 35.8 Å². The molecule has 2 aromatic heterocycles. The number of aromatic nitrogens is 4. The summed E-state index contributed by atoms with van der Waals surface area (Å²) in [6.07, 6.45) is 2.06. The minimum Gasteiger partial charge on any atom is -0.355 e. The van der Waals surface area contributed by atoms with E-state index < -0.39 is 0 Å². The van der Waals surface area contributed by atoms with Crippen molar-refractivity contribution in [3.8, 4) is 0 Å². The summed E-state index contributed by atoms with van der Waals surface area (Å²) in [6.45, 7) is 4.85. The Hall–Kier alpha value is -2.15. The van der Waals surface area contributed by atoms with E-state index in [2.05, 4.69) is 38.5 Å². The fraction of sp³-hybridized carbons (Fsp3) is 0.375. The first-order valence-electron chi connectivity index (χ1n) is 7.69. The van der Waals surface area contributed by atoms with Gasteiger partial charge in [-0.3, -0.25) is 4.79 Å². The summed E-state index contributed by atoms with van der Waals surface area (Å²) >= 11 is 1.30. The van der Waals surface area contributed by atoms with E-state index >= 15 is 0 Å². The molecule has 0 aliphatic rings. The minimum atomic E-state index is -0.000538. The minimum absolute atomic E-state index is 0.000538. The summed E-state index contributed by atoms with van der Waals surface area (Å²) in [5.41, 5.74) is 3.63. The first-order chi connectivity index (χ1) is 11.2. The van der Waals surface area contributed by atoms with Crippen molar-refractivity contribution in [2.45, 2.75) is 31.8 Å². The van der Waals surface area contributed by atoms with Gasteiger partial charge in [-0.1, -0.05) is 36.7 Å². The SMILES string of the molecule is CCCCNC(=O)CSc1nnc2c(n1)[nH]c1ccc(C)cc12. The molecule has 2 N–H and O–H groups in total. The number of aryl methyl sites for hydroxylation is 1. The lowest BCUT2D eigenvalue weighted by atomic mass is 10.2. The monoisotopic (exact) mass is 329 g/mol. The summed E-state index contributed by atoms with van der Waals surface area (Å²) in [5, 5.41) is 12.8. The highest BCUT2D eigenvalue weighted by molar-refractivity contribution is 7.99. The van der Waals surface area contributed by atoms with Crippen molar-refractivity contribution < 1.29 is 4.79 Å². The lowest BCUT2D eigenvalue weighted by Gasteiger charge is -2.02. The molecule has 0 spiro atoms. The Kier molecular flexibility index (Phi) is 4.76. The van der Waals surface area contributed by atoms with E-state index in [9.17, 15) is 4.79 Å². The van der Waals surface area contributed by atoms with Crippen molar-refractivity contribution in [3.63, 3.8) is 0 Å². The topological polar surface area (TPSA) is 83.6 Å². The Balaban J connectivity index is 1.73. The van der Waals surface area contributed by atoms with Crippen LogP contribution in [0.4, 0.5) is 0 Å². The second-order valence-corrected chi connectivity index (χ2v) is 6.40. The molecule has 7 heteroatoms. The lowest BCUT2D eigenvalue weighted by molar-refractivity contribution is -0.118. The largest absolute Gasteiger partial charge is 0.355 e. The van der Waals surface area contributed by atoms with Crippen LogP contribution in [0.25, 0.3) is 22.1 Å². The Labute approximate surface area is 138 Å². The number of amides is 1. The van der Waals surface area contributed by atoms with E-state index in [1.165, 1.54) is 17.3 Å². The van der Waals surface area contributed by atoms with Crippen molar-refractivity contribution in [2.75, 3.05) is 12.3 Å². The first kappa shape index (κ1) is 15.7. The van der Waals surface area contributed by atoms with E-state index in [4.69, 9.17) is 0 Å². The lowest BCUT2D eigenvalue weighted by Crippen LogP contribution is -2.26. The number of unbranched alkanes of at least 4 members (excludes halogenated alkanes) is 1. The maximum Gasteiger partial charge on any atom is 0.230 e. The molecular formula is C16H19N5OS. The van der Waals surface area contributed by atoms with Crippen molar-refractivity contribution in [1.29, 1.82) is 0 Å². The highest BCUT2D eigenvalue weighted by atomic mass is 32.2. The summed E-state index contributed by atoms with van der Waals surface area (Å²) in [7, 11) is 0. The number of nitrogens with zero attached hydrogens (tertiary/aromatic N) is 3. The normalized spacial score (nSPS) is 11.2. The van der Waals surface area contributed by atoms with Crippen LogP contribution in [-0.2, 0) is 4.79 Å². The number of hydrogen-bond acceptors (Lipinski definition) is 5. The van der Waals surface area contributed by atoms with E-state index in [-0.39, 0.29) is 5.91 Å². The van der Waals surface area contributed by atoms with Crippen LogP contribution >= 0.6 is 11.8 Å². The summed E-state index contributed by atoms with van der Waals surface area (Å²) in [6, 6.07) is 6.13. The number of aromatic amines is 1. The van der Waals surface area contributed by atoms with Gasteiger partial charge in [0.1, 0.15) is 5.52 Å². The molecular weight excluding hydrogens is 310 g/mol. The summed E-state index contributed by atoms with van der Waals surface area (Å²) in [4.78, 5) is 19.4. The number of carbonyl (C=O) groups excluding carboxylic acids is 1. The van der Waals surface area contributed by atoms with Gasteiger partial charge >= 0.3 is 0 Å². The van der Waals surface area contributed by atoms with Gasteiger partial charge in [-0.15, -0.1) is 10.2 Å². The number of carbonyl (C=O) groups is 1. The molecule has 1 amide bonds. The summed E-state index contributed by atoms with van der Waals surface area (Å²) in [5.74, 6) is 0.301. The van der Waals surface area contributed by atoms with E-state index in [1.54, 1.807) is 0 Å². The van der Waals surface area contributed by atoms with Gasteiger partial charge in [0.25, 0.3) is 0 Å². The van der Waals surface area contributed by atoms with Crippen LogP contribution in [0.3, 0.4) is 0 Å². The molecule has 3 rings (SSSR count). The van der Waals surface area contributed by atoms with Crippen LogP contribution in [0.1, 0.15) is 25.3 Å². The average molecular weight is 329 g/mol. The van der Waals surface area contributed by atoms with Crippen LogP contribution < -0.4 is 5.32 Å². The van der Waals surface area contributed by atoms with Gasteiger partial charge in [-0.05, 0) is 25.5 Å². The third kappa shape index (κ3) is 3.61. The van der Waals surface area contributed by atoms with Crippen LogP contribution in [0.15, 0.2) is 23.4 Å². The fourth-order valence-electron chi connectivity index (χ4n) is 2.32. The molecule has 0 bridgehead atoms. The molecule has 3 aromatic rings. The molecule has 0 fully saturated rings. The van der Waals surface area contributed by atoms with Gasteiger partial charge in [-0.25, -0.2) is 4.98 Å². The highest BCUT2D eigenvalue weighted by Crippen LogP contribution is 2.24. The second kappa shape index (κ2) is 6.95. The molecule has 0 saturated carbocycles. The van der Waals surface area contributed by atoms with Crippen molar-refractivity contribution in [2.24, 2.45) is 0 Å². The molecule has 0 aliphatic heterocycles. The van der Waals surface area contributed by atoms with E-state index in [0.29, 0.717) is 16.6 Å². The Bertz CT molecular complexity index is 845. The van der Waals surface area contributed by atoms with Crippen LogP contribution in [0, 0.1) is 6.92 Å². The number of H-pyrrole nitrogens is 1. The van der Waals surface area contributed by atoms with Crippen molar-refractivity contribution in [3.05, 3.63) is 23.8 Å². The van der Waals surface area contributed by atoms with Crippen LogP contribution in [-0.4, -0.2) is 38.4 Å². The zero-order chi connectivity index (χ0) is 16.2. The third-order valence-electron chi connectivity index (χ3n) is 3.54. The fourth-order valence-corrected chi connectivity index (χ4v) is 2.93.